The monoisotopic (exact) mass is 185 g/mol. The van der Waals surface area contributed by atoms with Gasteiger partial charge in [0.25, 0.3) is 0 Å². The molecule has 0 bridgehead atoms. The van der Waals surface area contributed by atoms with Crippen LogP contribution in [0.5, 0.6) is 0 Å². The van der Waals surface area contributed by atoms with E-state index in [1.807, 2.05) is 0 Å². The summed E-state index contributed by atoms with van der Waals surface area (Å²) in [5, 5.41) is 0. The van der Waals surface area contributed by atoms with Crippen LogP contribution in [0.3, 0.4) is 0 Å². The molecule has 0 fully saturated rings. The Balaban J connectivity index is 4.06. The summed E-state index contributed by atoms with van der Waals surface area (Å²) in [6.07, 6.45) is 5.10. The lowest BCUT2D eigenvalue weighted by molar-refractivity contribution is 0.533. The van der Waals surface area contributed by atoms with Gasteiger partial charge in [-0.3, -0.25) is 0 Å². The van der Waals surface area contributed by atoms with E-state index < -0.39 is 11.0 Å². The second-order valence-electron chi connectivity index (χ2n) is 2.20. The molecule has 0 aromatic rings. The lowest BCUT2D eigenvalue weighted by Gasteiger charge is -2.15. The largest absolute Gasteiger partial charge is 0.242 e. The molecule has 3 heteroatoms. The standard InChI is InChI=1S/C9H15NOS/c1-4-7-10(8-5-2)12(11)9-6-3/h4-6H,1-3,7-9H2. The average Bonchev–Trinajstić information content (AvgIpc) is 2.04. The Labute approximate surface area is 76.9 Å². The topological polar surface area (TPSA) is 20.3 Å². The van der Waals surface area contributed by atoms with Gasteiger partial charge in [-0.25, -0.2) is 8.51 Å². The third kappa shape index (κ3) is 4.26. The molecule has 0 aliphatic rings. The van der Waals surface area contributed by atoms with Crippen molar-refractivity contribution in [3.8, 4) is 0 Å². The van der Waals surface area contributed by atoms with Gasteiger partial charge in [0.05, 0.1) is 16.7 Å². The Kier molecular flexibility index (Phi) is 6.61. The molecule has 12 heavy (non-hydrogen) atoms. The van der Waals surface area contributed by atoms with Gasteiger partial charge < -0.3 is 0 Å². The maximum absolute atomic E-state index is 11.4. The number of rotatable bonds is 7. The van der Waals surface area contributed by atoms with E-state index >= 15 is 0 Å². The molecule has 0 amide bonds. The van der Waals surface area contributed by atoms with E-state index in [-0.39, 0.29) is 0 Å². The Morgan fingerprint density at radius 2 is 1.58 bits per heavy atom. The van der Waals surface area contributed by atoms with Crippen molar-refractivity contribution in [3.63, 3.8) is 0 Å². The predicted octanol–water partition coefficient (Wildman–Crippen LogP) is 1.51. The number of hydrogen-bond donors (Lipinski definition) is 0. The van der Waals surface area contributed by atoms with Crippen molar-refractivity contribution in [2.45, 2.75) is 0 Å². The Morgan fingerprint density at radius 3 is 1.92 bits per heavy atom. The summed E-state index contributed by atoms with van der Waals surface area (Å²) in [4.78, 5) is 0. The van der Waals surface area contributed by atoms with Crippen LogP contribution in [-0.2, 0) is 11.0 Å². The molecule has 0 saturated heterocycles. The van der Waals surface area contributed by atoms with Crippen LogP contribution in [0.4, 0.5) is 0 Å². The van der Waals surface area contributed by atoms with E-state index in [2.05, 4.69) is 19.7 Å². The zero-order valence-electron chi connectivity index (χ0n) is 7.24. The molecule has 68 valence electrons. The molecule has 0 N–H and O–H groups in total. The summed E-state index contributed by atoms with van der Waals surface area (Å²) < 4.78 is 13.2. The smallest absolute Gasteiger partial charge is 0.0987 e. The van der Waals surface area contributed by atoms with Gasteiger partial charge in [0, 0.05) is 13.1 Å². The fourth-order valence-corrected chi connectivity index (χ4v) is 1.69. The molecule has 0 heterocycles. The van der Waals surface area contributed by atoms with Crippen LogP contribution < -0.4 is 0 Å². The first-order valence-corrected chi connectivity index (χ1v) is 5.00. The first-order valence-electron chi connectivity index (χ1n) is 3.72. The van der Waals surface area contributed by atoms with E-state index in [4.69, 9.17) is 0 Å². The molecule has 0 spiro atoms. The van der Waals surface area contributed by atoms with E-state index in [0.29, 0.717) is 18.8 Å². The van der Waals surface area contributed by atoms with Crippen LogP contribution in [0.1, 0.15) is 0 Å². The molecule has 0 rings (SSSR count). The fourth-order valence-electron chi connectivity index (χ4n) is 0.735. The third-order valence-corrected chi connectivity index (χ3v) is 2.61. The summed E-state index contributed by atoms with van der Waals surface area (Å²) in [6.45, 7) is 11.9. The van der Waals surface area contributed by atoms with Gasteiger partial charge in [0.2, 0.25) is 0 Å². The van der Waals surface area contributed by atoms with Gasteiger partial charge in [-0.1, -0.05) is 18.2 Å². The number of hydrogen-bond acceptors (Lipinski definition) is 1. The maximum Gasteiger partial charge on any atom is 0.0987 e. The normalized spacial score (nSPS) is 12.4. The lowest BCUT2D eigenvalue weighted by atomic mass is 10.5. The van der Waals surface area contributed by atoms with Gasteiger partial charge in [-0.2, -0.15) is 0 Å². The van der Waals surface area contributed by atoms with E-state index in [0.717, 1.165) is 0 Å². The predicted molar refractivity (Wildman–Crippen MR) is 55.2 cm³/mol. The van der Waals surface area contributed by atoms with Crippen molar-refractivity contribution < 1.29 is 4.21 Å². The number of nitrogens with zero attached hydrogens (tertiary/aromatic N) is 1. The minimum absolute atomic E-state index is 0.488. The van der Waals surface area contributed by atoms with Crippen molar-refractivity contribution in [1.29, 1.82) is 0 Å². The summed E-state index contributed by atoms with van der Waals surface area (Å²) in [7, 11) is -0.985. The Hall–Kier alpha value is -0.670. The molecule has 0 aliphatic carbocycles. The van der Waals surface area contributed by atoms with Crippen molar-refractivity contribution in [2.75, 3.05) is 18.8 Å². The summed E-state index contributed by atoms with van der Waals surface area (Å²) in [5.41, 5.74) is 0. The Bertz CT molecular complexity index is 179. The van der Waals surface area contributed by atoms with Crippen LogP contribution in [0.25, 0.3) is 0 Å². The molecule has 2 nitrogen and oxygen atoms in total. The minimum atomic E-state index is -0.985. The van der Waals surface area contributed by atoms with Crippen LogP contribution >= 0.6 is 0 Å². The van der Waals surface area contributed by atoms with Gasteiger partial charge in [-0.15, -0.1) is 19.7 Å². The molecule has 0 aromatic carbocycles. The van der Waals surface area contributed by atoms with Gasteiger partial charge in [0.15, 0.2) is 0 Å². The third-order valence-electron chi connectivity index (χ3n) is 1.21. The zero-order chi connectivity index (χ0) is 9.40. The minimum Gasteiger partial charge on any atom is -0.242 e. The lowest BCUT2D eigenvalue weighted by Crippen LogP contribution is -2.27. The molecular weight excluding hydrogens is 170 g/mol. The molecule has 0 aromatic heterocycles. The zero-order valence-corrected chi connectivity index (χ0v) is 8.05. The SMILES string of the molecule is C=CCN(CC=C)S(=O)CC=C. The van der Waals surface area contributed by atoms with E-state index in [1.54, 1.807) is 22.5 Å². The summed E-state index contributed by atoms with van der Waals surface area (Å²) in [5.74, 6) is 0.488. The first kappa shape index (κ1) is 11.3. The highest BCUT2D eigenvalue weighted by molar-refractivity contribution is 7.82. The molecule has 1 atom stereocenters. The quantitative estimate of drug-likeness (QED) is 0.551. The van der Waals surface area contributed by atoms with Crippen LogP contribution in [0.2, 0.25) is 0 Å². The molecule has 0 radical (unpaired) electrons. The molecule has 0 aliphatic heterocycles. The highest BCUT2D eigenvalue weighted by Crippen LogP contribution is 1.96. The average molecular weight is 185 g/mol. The van der Waals surface area contributed by atoms with E-state index in [9.17, 15) is 4.21 Å². The van der Waals surface area contributed by atoms with Crippen LogP contribution in [0.15, 0.2) is 38.0 Å². The first-order chi connectivity index (χ1) is 5.76. The molecule has 1 unspecified atom stereocenters. The van der Waals surface area contributed by atoms with Gasteiger partial charge in [-0.05, 0) is 0 Å². The maximum atomic E-state index is 11.4. The molecular formula is C9H15NOS. The van der Waals surface area contributed by atoms with Crippen molar-refractivity contribution >= 4 is 11.0 Å². The highest BCUT2D eigenvalue weighted by atomic mass is 32.2. The summed E-state index contributed by atoms with van der Waals surface area (Å²) in [6, 6.07) is 0. The van der Waals surface area contributed by atoms with Crippen molar-refractivity contribution in [2.24, 2.45) is 0 Å². The van der Waals surface area contributed by atoms with Crippen LogP contribution in [0, 0.1) is 0 Å². The Morgan fingerprint density at radius 1 is 1.08 bits per heavy atom. The summed E-state index contributed by atoms with van der Waals surface area (Å²) >= 11 is 0. The molecule has 0 saturated carbocycles. The highest BCUT2D eigenvalue weighted by Gasteiger charge is 2.06. The second-order valence-corrected chi connectivity index (χ2v) is 3.69. The van der Waals surface area contributed by atoms with Gasteiger partial charge >= 0.3 is 0 Å². The van der Waals surface area contributed by atoms with E-state index in [1.165, 1.54) is 0 Å². The van der Waals surface area contributed by atoms with Crippen LogP contribution in [-0.4, -0.2) is 27.4 Å². The second kappa shape index (κ2) is 7.00. The van der Waals surface area contributed by atoms with Gasteiger partial charge in [0.1, 0.15) is 0 Å². The van der Waals surface area contributed by atoms with Crippen molar-refractivity contribution in [1.82, 2.24) is 4.31 Å². The van der Waals surface area contributed by atoms with Crippen molar-refractivity contribution in [3.05, 3.63) is 38.0 Å². The fraction of sp³-hybridized carbons (Fsp3) is 0.333.